The number of carbonyl (C=O) groups excluding carboxylic acids is 1. The monoisotopic (exact) mass is 324 g/mol. The normalized spacial score (nSPS) is 9.59. The van der Waals surface area contributed by atoms with E-state index in [0.717, 1.165) is 6.54 Å². The highest BCUT2D eigenvalue weighted by atomic mass is 79.9. The van der Waals surface area contributed by atoms with E-state index < -0.39 is 5.82 Å². The fraction of sp³-hybridized carbons (Fsp3) is 0.364. The third kappa shape index (κ3) is 5.48. The van der Waals surface area contributed by atoms with Gasteiger partial charge in [-0.15, -0.1) is 12.4 Å². The molecule has 6 heteroatoms. The summed E-state index contributed by atoms with van der Waals surface area (Å²) in [4.78, 5) is 11.6. The van der Waals surface area contributed by atoms with Crippen molar-refractivity contribution >= 4 is 34.2 Å². The Morgan fingerprint density at radius 1 is 1.41 bits per heavy atom. The molecule has 0 radical (unpaired) electrons. The molecule has 1 aromatic carbocycles. The van der Waals surface area contributed by atoms with Crippen molar-refractivity contribution in [1.82, 2.24) is 10.6 Å². The summed E-state index contributed by atoms with van der Waals surface area (Å²) in [7, 11) is 0. The fourth-order valence-electron chi connectivity index (χ4n) is 1.18. The van der Waals surface area contributed by atoms with E-state index in [2.05, 4.69) is 26.6 Å². The molecule has 0 saturated carbocycles. The van der Waals surface area contributed by atoms with E-state index in [4.69, 9.17) is 0 Å². The Morgan fingerprint density at radius 2 is 2.12 bits per heavy atom. The van der Waals surface area contributed by atoms with Gasteiger partial charge in [0.25, 0.3) is 5.91 Å². The molecule has 0 aliphatic heterocycles. The summed E-state index contributed by atoms with van der Waals surface area (Å²) in [6, 6.07) is 4.32. The molecule has 17 heavy (non-hydrogen) atoms. The maximum absolute atomic E-state index is 13.1. The second kappa shape index (κ2) is 8.44. The molecule has 0 aliphatic carbocycles. The van der Waals surface area contributed by atoms with Crippen LogP contribution in [0.4, 0.5) is 4.39 Å². The Balaban J connectivity index is 0.00000256. The van der Waals surface area contributed by atoms with Crippen molar-refractivity contribution in [2.45, 2.75) is 6.92 Å². The predicted molar refractivity (Wildman–Crippen MR) is 72.2 cm³/mol. The topological polar surface area (TPSA) is 41.1 Å². The highest BCUT2D eigenvalue weighted by Crippen LogP contribution is 2.16. The Hall–Kier alpha value is -0.650. The standard InChI is InChI=1S/C11H14BrFN2O.ClH/c1-2-14-5-6-15-11(16)8-3-4-9(12)10(13)7-8;/h3-4,7,14H,2,5-6H2,1H3,(H,15,16);1H. The second-order valence-electron chi connectivity index (χ2n) is 3.24. The average Bonchev–Trinajstić information content (AvgIpc) is 2.28. The van der Waals surface area contributed by atoms with Gasteiger partial charge in [-0.25, -0.2) is 4.39 Å². The van der Waals surface area contributed by atoms with Crippen molar-refractivity contribution in [1.29, 1.82) is 0 Å². The lowest BCUT2D eigenvalue weighted by Gasteiger charge is -2.06. The van der Waals surface area contributed by atoms with Crippen molar-refractivity contribution < 1.29 is 9.18 Å². The van der Waals surface area contributed by atoms with Gasteiger partial charge in [0, 0.05) is 18.7 Å². The summed E-state index contributed by atoms with van der Waals surface area (Å²) in [6.07, 6.45) is 0. The molecule has 0 atom stereocenters. The molecule has 0 heterocycles. The van der Waals surface area contributed by atoms with E-state index >= 15 is 0 Å². The number of carbonyl (C=O) groups is 1. The minimum atomic E-state index is -0.431. The minimum Gasteiger partial charge on any atom is -0.351 e. The smallest absolute Gasteiger partial charge is 0.251 e. The van der Waals surface area contributed by atoms with Crippen LogP contribution in [0, 0.1) is 5.82 Å². The van der Waals surface area contributed by atoms with Crippen molar-refractivity contribution in [3.63, 3.8) is 0 Å². The lowest BCUT2D eigenvalue weighted by atomic mass is 10.2. The molecule has 0 aromatic heterocycles. The zero-order valence-corrected chi connectivity index (χ0v) is 11.8. The van der Waals surface area contributed by atoms with E-state index in [1.807, 2.05) is 6.92 Å². The van der Waals surface area contributed by atoms with Gasteiger partial charge < -0.3 is 10.6 Å². The van der Waals surface area contributed by atoms with E-state index in [9.17, 15) is 9.18 Å². The van der Waals surface area contributed by atoms with Crippen molar-refractivity contribution in [2.24, 2.45) is 0 Å². The Bertz CT molecular complexity index is 376. The molecule has 0 bridgehead atoms. The number of halogens is 3. The molecule has 3 nitrogen and oxygen atoms in total. The summed E-state index contributed by atoms with van der Waals surface area (Å²) >= 11 is 3.03. The molecule has 0 fully saturated rings. The highest BCUT2D eigenvalue weighted by Gasteiger charge is 2.07. The largest absolute Gasteiger partial charge is 0.351 e. The van der Waals surface area contributed by atoms with Gasteiger partial charge in [-0.2, -0.15) is 0 Å². The molecule has 1 amide bonds. The van der Waals surface area contributed by atoms with E-state index in [1.54, 1.807) is 6.07 Å². The number of rotatable bonds is 5. The van der Waals surface area contributed by atoms with Crippen LogP contribution in [0.3, 0.4) is 0 Å². The zero-order chi connectivity index (χ0) is 12.0. The van der Waals surface area contributed by atoms with Crippen LogP contribution in [0.2, 0.25) is 0 Å². The van der Waals surface area contributed by atoms with Gasteiger partial charge in [0.05, 0.1) is 4.47 Å². The summed E-state index contributed by atoms with van der Waals surface area (Å²) in [6.45, 7) is 4.10. The molecule has 96 valence electrons. The van der Waals surface area contributed by atoms with Gasteiger partial charge in [-0.05, 0) is 40.7 Å². The number of hydrogen-bond donors (Lipinski definition) is 2. The lowest BCUT2D eigenvalue weighted by Crippen LogP contribution is -2.31. The molecule has 0 aliphatic rings. The highest BCUT2D eigenvalue weighted by molar-refractivity contribution is 9.10. The van der Waals surface area contributed by atoms with Crippen LogP contribution in [0.25, 0.3) is 0 Å². The zero-order valence-electron chi connectivity index (χ0n) is 9.43. The van der Waals surface area contributed by atoms with Crippen molar-refractivity contribution in [2.75, 3.05) is 19.6 Å². The quantitative estimate of drug-likeness (QED) is 0.816. The number of amides is 1. The first-order valence-electron chi connectivity index (χ1n) is 5.09. The summed E-state index contributed by atoms with van der Waals surface area (Å²) in [5.74, 6) is -0.691. The molecular formula is C11H15BrClFN2O. The third-order valence-electron chi connectivity index (χ3n) is 2.02. The number of benzene rings is 1. The number of hydrogen-bond acceptors (Lipinski definition) is 2. The molecule has 1 rings (SSSR count). The maximum atomic E-state index is 13.1. The summed E-state index contributed by atoms with van der Waals surface area (Å²) in [5, 5.41) is 5.78. The van der Waals surface area contributed by atoms with Gasteiger partial charge in [0.15, 0.2) is 0 Å². The van der Waals surface area contributed by atoms with E-state index in [-0.39, 0.29) is 18.3 Å². The van der Waals surface area contributed by atoms with Crippen LogP contribution in [-0.4, -0.2) is 25.5 Å². The summed E-state index contributed by atoms with van der Waals surface area (Å²) < 4.78 is 13.5. The SMILES string of the molecule is CCNCCNC(=O)c1ccc(Br)c(F)c1.Cl. The van der Waals surface area contributed by atoms with Crippen LogP contribution in [0.1, 0.15) is 17.3 Å². The van der Waals surface area contributed by atoms with Gasteiger partial charge in [0.1, 0.15) is 5.82 Å². The molecule has 2 N–H and O–H groups in total. The van der Waals surface area contributed by atoms with Gasteiger partial charge in [-0.3, -0.25) is 4.79 Å². The number of likely N-dealkylation sites (N-methyl/N-ethyl adjacent to an activating group) is 1. The first-order valence-corrected chi connectivity index (χ1v) is 5.88. The van der Waals surface area contributed by atoms with Crippen LogP contribution in [0.5, 0.6) is 0 Å². The first kappa shape index (κ1) is 16.4. The molecular weight excluding hydrogens is 310 g/mol. The van der Waals surface area contributed by atoms with E-state index in [1.165, 1.54) is 12.1 Å². The van der Waals surface area contributed by atoms with Crippen molar-refractivity contribution in [3.05, 3.63) is 34.1 Å². The summed E-state index contributed by atoms with van der Waals surface area (Å²) in [5.41, 5.74) is 0.331. The van der Waals surface area contributed by atoms with Crippen LogP contribution >= 0.6 is 28.3 Å². The molecule has 0 saturated heterocycles. The Kier molecular flexibility index (Phi) is 8.12. The molecule has 0 spiro atoms. The average molecular weight is 326 g/mol. The van der Waals surface area contributed by atoms with Gasteiger partial charge in [0.2, 0.25) is 0 Å². The van der Waals surface area contributed by atoms with E-state index in [0.29, 0.717) is 23.1 Å². The second-order valence-corrected chi connectivity index (χ2v) is 4.09. The Morgan fingerprint density at radius 3 is 2.71 bits per heavy atom. The van der Waals surface area contributed by atoms with Gasteiger partial charge in [-0.1, -0.05) is 6.92 Å². The van der Waals surface area contributed by atoms with Crippen LogP contribution < -0.4 is 10.6 Å². The predicted octanol–water partition coefficient (Wildman–Crippen LogP) is 2.35. The molecule has 0 unspecified atom stereocenters. The lowest BCUT2D eigenvalue weighted by molar-refractivity contribution is 0.0953. The fourth-order valence-corrected chi connectivity index (χ4v) is 1.43. The molecule has 1 aromatic rings. The van der Waals surface area contributed by atoms with Crippen molar-refractivity contribution in [3.8, 4) is 0 Å². The third-order valence-corrected chi connectivity index (χ3v) is 2.66. The minimum absolute atomic E-state index is 0. The van der Waals surface area contributed by atoms with Crippen LogP contribution in [-0.2, 0) is 0 Å². The maximum Gasteiger partial charge on any atom is 0.251 e. The Labute approximate surface area is 115 Å². The van der Waals surface area contributed by atoms with Crippen LogP contribution in [0.15, 0.2) is 22.7 Å². The van der Waals surface area contributed by atoms with Gasteiger partial charge >= 0.3 is 0 Å². The number of nitrogens with one attached hydrogen (secondary N) is 2. The first-order chi connectivity index (χ1) is 7.65.